The van der Waals surface area contributed by atoms with Gasteiger partial charge in [0.2, 0.25) is 5.91 Å². The highest BCUT2D eigenvalue weighted by Gasteiger charge is 2.17. The SMILES string of the molecule is Cc1sc2nc(CS[C@H](C)C(=O)Nc3ccccc3O)[nH]c(=O)c2c1C. The number of benzene rings is 1. The van der Waals surface area contributed by atoms with Crippen LogP contribution < -0.4 is 10.9 Å². The van der Waals surface area contributed by atoms with E-state index in [9.17, 15) is 14.7 Å². The van der Waals surface area contributed by atoms with E-state index in [0.717, 1.165) is 15.3 Å². The predicted octanol–water partition coefficient (Wildman–Crippen LogP) is 3.57. The Morgan fingerprint density at radius 2 is 2.12 bits per heavy atom. The number of phenolic OH excluding ortho intramolecular Hbond substituents is 1. The first-order valence-electron chi connectivity index (χ1n) is 8.06. The van der Waals surface area contributed by atoms with E-state index >= 15 is 0 Å². The lowest BCUT2D eigenvalue weighted by Crippen LogP contribution is -2.23. The number of carbonyl (C=O) groups is 1. The van der Waals surface area contributed by atoms with Crippen LogP contribution in [0.1, 0.15) is 23.2 Å². The van der Waals surface area contributed by atoms with Crippen LogP contribution in [-0.4, -0.2) is 26.2 Å². The monoisotopic (exact) mass is 389 g/mol. The van der Waals surface area contributed by atoms with Gasteiger partial charge in [0, 0.05) is 4.88 Å². The number of thioether (sulfide) groups is 1. The molecule has 0 aliphatic heterocycles. The second-order valence-electron chi connectivity index (χ2n) is 5.94. The predicted molar refractivity (Wildman–Crippen MR) is 107 cm³/mol. The molecule has 136 valence electrons. The Kier molecular flexibility index (Phi) is 5.33. The molecule has 0 aliphatic rings. The van der Waals surface area contributed by atoms with Crippen molar-refractivity contribution in [3.05, 3.63) is 50.9 Å². The zero-order valence-electron chi connectivity index (χ0n) is 14.6. The van der Waals surface area contributed by atoms with Gasteiger partial charge in [0.05, 0.1) is 22.1 Å². The molecule has 3 rings (SSSR count). The van der Waals surface area contributed by atoms with E-state index in [1.165, 1.54) is 29.2 Å². The zero-order valence-corrected chi connectivity index (χ0v) is 16.3. The molecule has 0 unspecified atom stereocenters. The van der Waals surface area contributed by atoms with Crippen molar-refractivity contribution in [2.24, 2.45) is 0 Å². The van der Waals surface area contributed by atoms with Gasteiger partial charge >= 0.3 is 0 Å². The summed E-state index contributed by atoms with van der Waals surface area (Å²) in [6.45, 7) is 5.67. The molecular weight excluding hydrogens is 370 g/mol. The van der Waals surface area contributed by atoms with E-state index in [1.807, 2.05) is 13.8 Å². The number of fused-ring (bicyclic) bond motifs is 1. The van der Waals surface area contributed by atoms with Gasteiger partial charge in [-0.25, -0.2) is 4.98 Å². The maximum Gasteiger partial charge on any atom is 0.259 e. The molecule has 0 saturated carbocycles. The number of aromatic nitrogens is 2. The molecule has 8 heteroatoms. The molecule has 3 N–H and O–H groups in total. The molecule has 0 fully saturated rings. The summed E-state index contributed by atoms with van der Waals surface area (Å²) in [5.41, 5.74) is 1.20. The van der Waals surface area contributed by atoms with Crippen molar-refractivity contribution >= 4 is 44.9 Å². The third-order valence-electron chi connectivity index (χ3n) is 4.09. The van der Waals surface area contributed by atoms with Gasteiger partial charge < -0.3 is 15.4 Å². The van der Waals surface area contributed by atoms with Gasteiger partial charge in [0.15, 0.2) is 0 Å². The summed E-state index contributed by atoms with van der Waals surface area (Å²) in [4.78, 5) is 33.7. The van der Waals surface area contributed by atoms with E-state index in [4.69, 9.17) is 0 Å². The van der Waals surface area contributed by atoms with Crippen molar-refractivity contribution < 1.29 is 9.90 Å². The second kappa shape index (κ2) is 7.51. The number of hydrogen-bond donors (Lipinski definition) is 3. The quantitative estimate of drug-likeness (QED) is 0.580. The largest absolute Gasteiger partial charge is 0.506 e. The molecule has 6 nitrogen and oxygen atoms in total. The Bertz CT molecular complexity index is 1030. The third-order valence-corrected chi connectivity index (χ3v) is 6.34. The molecule has 2 heterocycles. The summed E-state index contributed by atoms with van der Waals surface area (Å²) in [7, 11) is 0. The topological polar surface area (TPSA) is 95.1 Å². The minimum Gasteiger partial charge on any atom is -0.506 e. The first-order chi connectivity index (χ1) is 12.4. The van der Waals surface area contributed by atoms with Gasteiger partial charge in [0.25, 0.3) is 5.56 Å². The number of hydrogen-bond acceptors (Lipinski definition) is 6. The normalized spacial score (nSPS) is 12.3. The molecule has 1 amide bonds. The van der Waals surface area contributed by atoms with Gasteiger partial charge in [-0.2, -0.15) is 0 Å². The maximum absolute atomic E-state index is 12.3. The average molecular weight is 390 g/mol. The van der Waals surface area contributed by atoms with Crippen molar-refractivity contribution in [3.63, 3.8) is 0 Å². The van der Waals surface area contributed by atoms with Gasteiger partial charge in [-0.15, -0.1) is 23.1 Å². The van der Waals surface area contributed by atoms with Gasteiger partial charge in [-0.3, -0.25) is 9.59 Å². The summed E-state index contributed by atoms with van der Waals surface area (Å²) in [6.07, 6.45) is 0. The van der Waals surface area contributed by atoms with Crippen LogP contribution in [0.5, 0.6) is 5.75 Å². The highest BCUT2D eigenvalue weighted by molar-refractivity contribution is 7.99. The summed E-state index contributed by atoms with van der Waals surface area (Å²) in [5, 5.41) is 12.7. The van der Waals surface area contributed by atoms with E-state index in [-0.39, 0.29) is 22.5 Å². The lowest BCUT2D eigenvalue weighted by Gasteiger charge is -2.12. The zero-order chi connectivity index (χ0) is 18.8. The fourth-order valence-electron chi connectivity index (χ4n) is 2.46. The highest BCUT2D eigenvalue weighted by Crippen LogP contribution is 2.27. The Morgan fingerprint density at radius 3 is 2.85 bits per heavy atom. The number of nitrogens with one attached hydrogen (secondary N) is 2. The Balaban J connectivity index is 1.68. The number of aryl methyl sites for hydroxylation is 2. The number of amides is 1. The van der Waals surface area contributed by atoms with Crippen molar-refractivity contribution in [2.45, 2.75) is 31.8 Å². The summed E-state index contributed by atoms with van der Waals surface area (Å²) in [6, 6.07) is 6.58. The molecule has 26 heavy (non-hydrogen) atoms. The first kappa shape index (κ1) is 18.5. The molecule has 2 aromatic heterocycles. The van der Waals surface area contributed by atoms with E-state index in [2.05, 4.69) is 15.3 Å². The smallest absolute Gasteiger partial charge is 0.259 e. The van der Waals surface area contributed by atoms with Gasteiger partial charge in [-0.05, 0) is 38.5 Å². The molecule has 3 aromatic rings. The first-order valence-corrected chi connectivity index (χ1v) is 9.92. The number of nitrogens with zero attached hydrogens (tertiary/aromatic N) is 1. The van der Waals surface area contributed by atoms with Crippen molar-refractivity contribution in [1.82, 2.24) is 9.97 Å². The number of rotatable bonds is 5. The van der Waals surface area contributed by atoms with Crippen molar-refractivity contribution in [1.29, 1.82) is 0 Å². The standard InChI is InChI=1S/C18H19N3O3S2/c1-9-10(2)26-18-15(9)17(24)20-14(21-18)8-25-11(3)16(23)19-12-6-4-5-7-13(12)22/h4-7,11,22H,8H2,1-3H3,(H,19,23)(H,20,21,24)/t11-/m1/s1. The second-order valence-corrected chi connectivity index (χ2v) is 8.47. The molecule has 0 spiro atoms. The van der Waals surface area contributed by atoms with Gasteiger partial charge in [0.1, 0.15) is 16.4 Å². The van der Waals surface area contributed by atoms with Crippen LogP contribution in [0.4, 0.5) is 5.69 Å². The molecule has 0 saturated heterocycles. The fraction of sp³-hybridized carbons (Fsp3) is 0.278. The minimum atomic E-state index is -0.373. The third kappa shape index (κ3) is 3.76. The maximum atomic E-state index is 12.3. The van der Waals surface area contributed by atoms with Crippen LogP contribution in [-0.2, 0) is 10.5 Å². The number of carbonyl (C=O) groups excluding carboxylic acids is 1. The number of aromatic hydroxyl groups is 1. The molecule has 1 aromatic carbocycles. The lowest BCUT2D eigenvalue weighted by molar-refractivity contribution is -0.115. The number of phenols is 1. The van der Waals surface area contributed by atoms with Crippen molar-refractivity contribution in [3.8, 4) is 5.75 Å². The van der Waals surface area contributed by atoms with Crippen molar-refractivity contribution in [2.75, 3.05) is 5.32 Å². The average Bonchev–Trinajstić information content (AvgIpc) is 2.89. The number of para-hydroxylation sites is 2. The van der Waals surface area contributed by atoms with Crippen LogP contribution in [0, 0.1) is 13.8 Å². The van der Waals surface area contributed by atoms with Crippen LogP contribution >= 0.6 is 23.1 Å². The van der Waals surface area contributed by atoms with E-state index in [0.29, 0.717) is 22.7 Å². The summed E-state index contributed by atoms with van der Waals surface area (Å²) < 4.78 is 0. The van der Waals surface area contributed by atoms with Crippen LogP contribution in [0.3, 0.4) is 0 Å². The molecule has 1 atom stereocenters. The summed E-state index contributed by atoms with van der Waals surface area (Å²) in [5.74, 6) is 0.771. The van der Waals surface area contributed by atoms with E-state index in [1.54, 1.807) is 25.1 Å². The number of anilines is 1. The number of H-pyrrole nitrogens is 1. The molecular formula is C18H19N3O3S2. The van der Waals surface area contributed by atoms with E-state index < -0.39 is 0 Å². The molecule has 0 bridgehead atoms. The van der Waals surface area contributed by atoms with Gasteiger partial charge in [-0.1, -0.05) is 12.1 Å². The molecule has 0 radical (unpaired) electrons. The number of aromatic amines is 1. The Hall–Kier alpha value is -2.32. The summed E-state index contributed by atoms with van der Waals surface area (Å²) >= 11 is 2.87. The number of thiophene rings is 1. The Morgan fingerprint density at radius 1 is 1.38 bits per heavy atom. The van der Waals surface area contributed by atoms with Crippen LogP contribution in [0.25, 0.3) is 10.2 Å². The minimum absolute atomic E-state index is 0.0259. The molecule has 0 aliphatic carbocycles. The lowest BCUT2D eigenvalue weighted by atomic mass is 10.2. The highest BCUT2D eigenvalue weighted by atomic mass is 32.2. The van der Waals surface area contributed by atoms with Crippen LogP contribution in [0.2, 0.25) is 0 Å². The Labute approximate surface area is 158 Å². The van der Waals surface area contributed by atoms with Crippen LogP contribution in [0.15, 0.2) is 29.1 Å². The fourth-order valence-corrected chi connectivity index (χ4v) is 4.26.